The predicted octanol–water partition coefficient (Wildman–Crippen LogP) is 1.91. The van der Waals surface area contributed by atoms with Crippen LogP contribution in [0.1, 0.15) is 16.3 Å². The maximum Gasteiger partial charge on any atom is 0.263 e. The third-order valence-corrected chi connectivity index (χ3v) is 4.86. The zero-order valence-corrected chi connectivity index (χ0v) is 12.9. The fourth-order valence-electron chi connectivity index (χ4n) is 2.10. The van der Waals surface area contributed by atoms with E-state index in [1.165, 1.54) is 4.57 Å². The molecule has 6 nitrogen and oxygen atoms in total. The van der Waals surface area contributed by atoms with Gasteiger partial charge in [0.2, 0.25) is 0 Å². The molecule has 0 aromatic carbocycles. The second-order valence-corrected chi connectivity index (χ2v) is 6.28. The minimum Gasteiger partial charge on any atom is -0.323 e. The van der Waals surface area contributed by atoms with Crippen LogP contribution in [0.4, 0.5) is 0 Å². The summed E-state index contributed by atoms with van der Waals surface area (Å²) in [5.74, 6) is 0.690. The van der Waals surface area contributed by atoms with Gasteiger partial charge in [-0.2, -0.15) is 0 Å². The molecule has 0 fully saturated rings. The SMILES string of the molecule is Cc1sc2[nH]c(=S)n(Cc3nncn3C)c(=O)c2c1C. The van der Waals surface area contributed by atoms with E-state index in [-0.39, 0.29) is 5.56 Å². The molecule has 3 aromatic heterocycles. The predicted molar refractivity (Wildman–Crippen MR) is 80.8 cm³/mol. The summed E-state index contributed by atoms with van der Waals surface area (Å²) in [4.78, 5) is 17.7. The van der Waals surface area contributed by atoms with Crippen molar-refractivity contribution in [3.63, 3.8) is 0 Å². The molecule has 0 amide bonds. The summed E-state index contributed by atoms with van der Waals surface area (Å²) in [6, 6.07) is 0. The van der Waals surface area contributed by atoms with Gasteiger partial charge in [-0.3, -0.25) is 9.36 Å². The molecule has 0 aliphatic carbocycles. The minimum atomic E-state index is -0.0754. The van der Waals surface area contributed by atoms with E-state index in [0.717, 1.165) is 15.3 Å². The number of fused-ring (bicyclic) bond motifs is 1. The molecule has 0 saturated carbocycles. The van der Waals surface area contributed by atoms with E-state index in [1.54, 1.807) is 22.2 Å². The molecule has 0 aliphatic rings. The van der Waals surface area contributed by atoms with Crippen molar-refractivity contribution in [2.75, 3.05) is 0 Å². The van der Waals surface area contributed by atoms with Gasteiger partial charge in [0.05, 0.1) is 11.9 Å². The van der Waals surface area contributed by atoms with Crippen LogP contribution in [-0.2, 0) is 13.6 Å². The Kier molecular flexibility index (Phi) is 3.06. The first-order valence-electron chi connectivity index (χ1n) is 6.04. The summed E-state index contributed by atoms with van der Waals surface area (Å²) >= 11 is 6.85. The second-order valence-electron chi connectivity index (χ2n) is 4.67. The Bertz CT molecular complexity index is 914. The summed E-state index contributed by atoms with van der Waals surface area (Å²) in [6.45, 7) is 4.28. The van der Waals surface area contributed by atoms with Gasteiger partial charge in [-0.25, -0.2) is 0 Å². The van der Waals surface area contributed by atoms with Gasteiger partial charge in [0.25, 0.3) is 5.56 Å². The van der Waals surface area contributed by atoms with E-state index in [0.29, 0.717) is 22.5 Å². The number of aryl methyl sites for hydroxylation is 3. The Morgan fingerprint density at radius 1 is 1.45 bits per heavy atom. The Balaban J connectivity index is 2.26. The summed E-state index contributed by atoms with van der Waals surface area (Å²) in [7, 11) is 1.84. The van der Waals surface area contributed by atoms with Gasteiger partial charge in [-0.15, -0.1) is 21.5 Å². The number of thiophene rings is 1. The van der Waals surface area contributed by atoms with Crippen LogP contribution in [0.2, 0.25) is 0 Å². The topological polar surface area (TPSA) is 68.5 Å². The molecule has 3 rings (SSSR count). The summed E-state index contributed by atoms with van der Waals surface area (Å²) < 4.78 is 3.71. The fraction of sp³-hybridized carbons (Fsp3) is 0.333. The monoisotopic (exact) mass is 307 g/mol. The number of aromatic amines is 1. The van der Waals surface area contributed by atoms with Crippen molar-refractivity contribution >= 4 is 33.8 Å². The smallest absolute Gasteiger partial charge is 0.263 e. The van der Waals surface area contributed by atoms with E-state index in [4.69, 9.17) is 12.2 Å². The third-order valence-electron chi connectivity index (χ3n) is 3.41. The molecule has 0 spiro atoms. The van der Waals surface area contributed by atoms with Crippen molar-refractivity contribution in [3.8, 4) is 0 Å². The van der Waals surface area contributed by atoms with E-state index >= 15 is 0 Å². The largest absolute Gasteiger partial charge is 0.323 e. The Labute approximate surface area is 123 Å². The zero-order chi connectivity index (χ0) is 14.4. The Morgan fingerprint density at radius 2 is 2.20 bits per heavy atom. The number of H-pyrrole nitrogens is 1. The summed E-state index contributed by atoms with van der Waals surface area (Å²) in [5, 5.41) is 8.52. The van der Waals surface area contributed by atoms with Gasteiger partial charge in [0.1, 0.15) is 11.2 Å². The van der Waals surface area contributed by atoms with Crippen LogP contribution in [-0.4, -0.2) is 24.3 Å². The number of rotatable bonds is 2. The maximum atomic E-state index is 12.6. The quantitative estimate of drug-likeness (QED) is 0.734. The lowest BCUT2D eigenvalue weighted by molar-refractivity contribution is 0.663. The average Bonchev–Trinajstić information content (AvgIpc) is 2.90. The zero-order valence-electron chi connectivity index (χ0n) is 11.3. The van der Waals surface area contributed by atoms with Gasteiger partial charge < -0.3 is 9.55 Å². The standard InChI is InChI=1S/C12H13N5OS2/c1-6-7(2)20-10-9(6)11(18)17(12(19)14-10)4-8-15-13-5-16(8)3/h5H,4H2,1-3H3,(H,14,19). The lowest BCUT2D eigenvalue weighted by Crippen LogP contribution is -2.24. The molecule has 8 heteroatoms. The van der Waals surface area contributed by atoms with Crippen LogP contribution in [0, 0.1) is 18.6 Å². The van der Waals surface area contributed by atoms with Gasteiger partial charge in [-0.05, 0) is 31.6 Å². The molecule has 3 aromatic rings. The molecule has 0 aliphatic heterocycles. The number of aromatic nitrogens is 5. The molecule has 0 unspecified atom stereocenters. The van der Waals surface area contributed by atoms with E-state index in [2.05, 4.69) is 15.2 Å². The van der Waals surface area contributed by atoms with Crippen molar-refractivity contribution < 1.29 is 0 Å². The van der Waals surface area contributed by atoms with Crippen LogP contribution < -0.4 is 5.56 Å². The van der Waals surface area contributed by atoms with Crippen LogP contribution in [0.3, 0.4) is 0 Å². The van der Waals surface area contributed by atoms with E-state index in [9.17, 15) is 4.79 Å². The highest BCUT2D eigenvalue weighted by atomic mass is 32.1. The van der Waals surface area contributed by atoms with Gasteiger partial charge in [0.15, 0.2) is 10.6 Å². The van der Waals surface area contributed by atoms with Crippen molar-refractivity contribution in [3.05, 3.63) is 37.7 Å². The normalized spacial score (nSPS) is 11.3. The molecule has 0 radical (unpaired) electrons. The second kappa shape index (κ2) is 4.64. The lowest BCUT2D eigenvalue weighted by atomic mass is 10.2. The molecule has 20 heavy (non-hydrogen) atoms. The highest BCUT2D eigenvalue weighted by Gasteiger charge is 2.14. The summed E-state index contributed by atoms with van der Waals surface area (Å²) in [6.07, 6.45) is 1.60. The van der Waals surface area contributed by atoms with Crippen LogP contribution in [0.25, 0.3) is 10.2 Å². The molecule has 0 bridgehead atoms. The molecule has 3 heterocycles. The van der Waals surface area contributed by atoms with Crippen molar-refractivity contribution in [2.45, 2.75) is 20.4 Å². The maximum absolute atomic E-state index is 12.6. The van der Waals surface area contributed by atoms with Crippen LogP contribution in [0.5, 0.6) is 0 Å². The Morgan fingerprint density at radius 3 is 2.85 bits per heavy atom. The van der Waals surface area contributed by atoms with Gasteiger partial charge >= 0.3 is 0 Å². The minimum absolute atomic E-state index is 0.0754. The number of nitrogens with one attached hydrogen (secondary N) is 1. The molecule has 0 atom stereocenters. The Hall–Kier alpha value is -1.80. The van der Waals surface area contributed by atoms with Crippen molar-refractivity contribution in [1.29, 1.82) is 0 Å². The van der Waals surface area contributed by atoms with Crippen LogP contribution in [0.15, 0.2) is 11.1 Å². The number of hydrogen-bond acceptors (Lipinski definition) is 5. The lowest BCUT2D eigenvalue weighted by Gasteiger charge is -2.06. The van der Waals surface area contributed by atoms with Crippen LogP contribution >= 0.6 is 23.6 Å². The highest BCUT2D eigenvalue weighted by molar-refractivity contribution is 7.71. The number of nitrogens with zero attached hydrogens (tertiary/aromatic N) is 4. The first-order valence-corrected chi connectivity index (χ1v) is 7.27. The highest BCUT2D eigenvalue weighted by Crippen LogP contribution is 2.25. The average molecular weight is 307 g/mol. The first kappa shape index (κ1) is 13.2. The molecular weight excluding hydrogens is 294 g/mol. The third kappa shape index (κ3) is 1.92. The fourth-order valence-corrected chi connectivity index (χ4v) is 3.47. The van der Waals surface area contributed by atoms with Gasteiger partial charge in [-0.1, -0.05) is 0 Å². The van der Waals surface area contributed by atoms with E-state index < -0.39 is 0 Å². The summed E-state index contributed by atoms with van der Waals surface area (Å²) in [5.41, 5.74) is 0.932. The van der Waals surface area contributed by atoms with Crippen molar-refractivity contribution in [1.82, 2.24) is 24.3 Å². The number of hydrogen-bond donors (Lipinski definition) is 1. The molecule has 1 N–H and O–H groups in total. The first-order chi connectivity index (χ1) is 9.49. The van der Waals surface area contributed by atoms with Crippen molar-refractivity contribution in [2.24, 2.45) is 7.05 Å². The molecule has 104 valence electrons. The van der Waals surface area contributed by atoms with E-state index in [1.807, 2.05) is 20.9 Å². The van der Waals surface area contributed by atoms with Gasteiger partial charge in [0, 0.05) is 11.9 Å². The molecular formula is C12H13N5OS2. The molecule has 0 saturated heterocycles.